The predicted molar refractivity (Wildman–Crippen MR) is 119 cm³/mol. The van der Waals surface area contributed by atoms with Gasteiger partial charge in [0.25, 0.3) is 0 Å². The van der Waals surface area contributed by atoms with Gasteiger partial charge in [0.05, 0.1) is 16.3 Å². The van der Waals surface area contributed by atoms with E-state index in [-0.39, 0.29) is 17.6 Å². The summed E-state index contributed by atoms with van der Waals surface area (Å²) in [6.45, 7) is 2.06. The quantitative estimate of drug-likeness (QED) is 0.424. The summed E-state index contributed by atoms with van der Waals surface area (Å²) in [4.78, 5) is 30.6. The molecule has 2 aromatic heterocycles. The molecule has 0 aliphatic heterocycles. The number of nitrogens with one attached hydrogen (secondary N) is 2. The van der Waals surface area contributed by atoms with Crippen molar-refractivity contribution in [1.29, 1.82) is 0 Å². The maximum atomic E-state index is 12.2. The van der Waals surface area contributed by atoms with Gasteiger partial charge in [0.15, 0.2) is 5.13 Å². The SMILES string of the molecule is CCCCC(=O)Nc1cccc(SCC(=O)Nc2nc(-c3cccs3)cs2)c1. The van der Waals surface area contributed by atoms with Gasteiger partial charge in [-0.3, -0.25) is 9.59 Å². The third kappa shape index (κ3) is 6.19. The topological polar surface area (TPSA) is 71.1 Å². The lowest BCUT2D eigenvalue weighted by atomic mass is 10.2. The number of benzene rings is 1. The fraction of sp³-hybridized carbons (Fsp3) is 0.250. The van der Waals surface area contributed by atoms with E-state index >= 15 is 0 Å². The summed E-state index contributed by atoms with van der Waals surface area (Å²) in [5.74, 6) is 0.197. The maximum absolute atomic E-state index is 12.2. The molecule has 0 unspecified atom stereocenters. The van der Waals surface area contributed by atoms with Gasteiger partial charge in [-0.25, -0.2) is 4.98 Å². The van der Waals surface area contributed by atoms with Crippen LogP contribution in [0, 0.1) is 0 Å². The summed E-state index contributed by atoms with van der Waals surface area (Å²) in [6.07, 6.45) is 2.40. The van der Waals surface area contributed by atoms with Crippen LogP contribution in [0.5, 0.6) is 0 Å². The van der Waals surface area contributed by atoms with Crippen LogP contribution in [0.2, 0.25) is 0 Å². The molecule has 0 saturated heterocycles. The summed E-state index contributed by atoms with van der Waals surface area (Å²) in [5, 5.41) is 10.3. The highest BCUT2D eigenvalue weighted by Crippen LogP contribution is 2.28. The average molecular weight is 432 g/mol. The van der Waals surface area contributed by atoms with E-state index in [1.807, 2.05) is 47.2 Å². The Morgan fingerprint density at radius 2 is 2.00 bits per heavy atom. The van der Waals surface area contributed by atoms with Crippen molar-refractivity contribution < 1.29 is 9.59 Å². The molecule has 1 aromatic carbocycles. The highest BCUT2D eigenvalue weighted by molar-refractivity contribution is 8.00. The summed E-state index contributed by atoms with van der Waals surface area (Å²) >= 11 is 4.47. The number of amides is 2. The van der Waals surface area contributed by atoms with Crippen LogP contribution in [-0.4, -0.2) is 22.6 Å². The van der Waals surface area contributed by atoms with E-state index in [1.54, 1.807) is 11.3 Å². The molecule has 0 bridgehead atoms. The molecule has 8 heteroatoms. The number of nitrogens with zero attached hydrogens (tertiary/aromatic N) is 1. The Kier molecular flexibility index (Phi) is 7.64. The van der Waals surface area contributed by atoms with Gasteiger partial charge in [0.1, 0.15) is 0 Å². The second-order valence-electron chi connectivity index (χ2n) is 6.03. The molecule has 2 heterocycles. The number of carbonyl (C=O) groups is 2. The molecule has 0 fully saturated rings. The van der Waals surface area contributed by atoms with Gasteiger partial charge in [-0.15, -0.1) is 34.4 Å². The van der Waals surface area contributed by atoms with E-state index < -0.39 is 0 Å². The van der Waals surface area contributed by atoms with E-state index in [0.717, 1.165) is 34.0 Å². The third-order valence-electron chi connectivity index (χ3n) is 3.77. The Labute approximate surface area is 176 Å². The zero-order valence-corrected chi connectivity index (χ0v) is 17.9. The molecule has 2 amide bonds. The monoisotopic (exact) mass is 431 g/mol. The van der Waals surface area contributed by atoms with Crippen LogP contribution >= 0.6 is 34.4 Å². The highest BCUT2D eigenvalue weighted by Gasteiger charge is 2.10. The first-order valence-corrected chi connectivity index (χ1v) is 11.7. The minimum atomic E-state index is -0.102. The van der Waals surface area contributed by atoms with Gasteiger partial charge in [0.2, 0.25) is 11.8 Å². The molecule has 0 saturated carbocycles. The first-order chi connectivity index (χ1) is 13.6. The molecule has 146 valence electrons. The molecule has 0 spiro atoms. The van der Waals surface area contributed by atoms with E-state index in [0.29, 0.717) is 11.6 Å². The Morgan fingerprint density at radius 1 is 1.11 bits per heavy atom. The number of carbonyl (C=O) groups excluding carboxylic acids is 2. The summed E-state index contributed by atoms with van der Waals surface area (Å²) in [7, 11) is 0. The van der Waals surface area contributed by atoms with Gasteiger partial charge in [-0.1, -0.05) is 25.5 Å². The number of thiazole rings is 1. The van der Waals surface area contributed by atoms with Gasteiger partial charge >= 0.3 is 0 Å². The Hall–Kier alpha value is -2.16. The first-order valence-electron chi connectivity index (χ1n) is 8.96. The zero-order chi connectivity index (χ0) is 19.8. The summed E-state index contributed by atoms with van der Waals surface area (Å²) < 4.78 is 0. The number of hydrogen-bond donors (Lipinski definition) is 2. The van der Waals surface area contributed by atoms with Gasteiger partial charge < -0.3 is 10.6 Å². The number of rotatable bonds is 9. The first kappa shape index (κ1) is 20.6. The minimum absolute atomic E-state index is 0.0204. The third-order valence-corrected chi connectivity index (χ3v) is 6.41. The van der Waals surface area contributed by atoms with Crippen molar-refractivity contribution >= 4 is 57.1 Å². The second-order valence-corrected chi connectivity index (χ2v) is 8.89. The highest BCUT2D eigenvalue weighted by atomic mass is 32.2. The van der Waals surface area contributed by atoms with E-state index in [2.05, 4.69) is 22.5 Å². The summed E-state index contributed by atoms with van der Waals surface area (Å²) in [5.41, 5.74) is 1.64. The van der Waals surface area contributed by atoms with Crippen LogP contribution in [0.1, 0.15) is 26.2 Å². The molecule has 0 aliphatic rings. The molecule has 28 heavy (non-hydrogen) atoms. The van der Waals surface area contributed by atoms with Gasteiger partial charge in [-0.2, -0.15) is 0 Å². The van der Waals surface area contributed by atoms with E-state index in [4.69, 9.17) is 0 Å². The number of aromatic nitrogens is 1. The standard InChI is InChI=1S/C20H21N3O2S3/c1-2-3-9-18(24)21-14-6-4-7-15(11-14)27-13-19(25)23-20-22-16(12-28-20)17-8-5-10-26-17/h4-8,10-12H,2-3,9,13H2,1H3,(H,21,24)(H,22,23,25). The van der Waals surface area contributed by atoms with E-state index in [1.165, 1.54) is 23.1 Å². The minimum Gasteiger partial charge on any atom is -0.326 e. The summed E-state index contributed by atoms with van der Waals surface area (Å²) in [6, 6.07) is 11.5. The zero-order valence-electron chi connectivity index (χ0n) is 15.4. The number of anilines is 2. The molecular weight excluding hydrogens is 410 g/mol. The lowest BCUT2D eigenvalue weighted by molar-refractivity contribution is -0.116. The maximum Gasteiger partial charge on any atom is 0.236 e. The van der Waals surface area contributed by atoms with Crippen LogP contribution < -0.4 is 10.6 Å². The van der Waals surface area contributed by atoms with Crippen LogP contribution in [0.3, 0.4) is 0 Å². The second kappa shape index (κ2) is 10.4. The largest absolute Gasteiger partial charge is 0.326 e. The number of hydrogen-bond acceptors (Lipinski definition) is 6. The van der Waals surface area contributed by atoms with Crippen molar-refractivity contribution in [2.75, 3.05) is 16.4 Å². The van der Waals surface area contributed by atoms with Crippen LogP contribution in [0.15, 0.2) is 52.1 Å². The van der Waals surface area contributed by atoms with Gasteiger partial charge in [-0.05, 0) is 36.1 Å². The van der Waals surface area contributed by atoms with Crippen LogP contribution in [0.25, 0.3) is 10.6 Å². The van der Waals surface area contributed by atoms with Crippen molar-refractivity contribution in [3.63, 3.8) is 0 Å². The fourth-order valence-electron chi connectivity index (χ4n) is 2.40. The Bertz CT molecular complexity index is 922. The number of thioether (sulfide) groups is 1. The lowest BCUT2D eigenvalue weighted by Crippen LogP contribution is -2.14. The Balaban J connectivity index is 1.49. The van der Waals surface area contributed by atoms with Crippen molar-refractivity contribution in [3.05, 3.63) is 47.2 Å². The van der Waals surface area contributed by atoms with Crippen LogP contribution in [0.4, 0.5) is 10.8 Å². The predicted octanol–water partition coefficient (Wildman–Crippen LogP) is 5.73. The molecule has 0 radical (unpaired) electrons. The lowest BCUT2D eigenvalue weighted by Gasteiger charge is -2.07. The number of thiophene rings is 1. The molecular formula is C20H21N3O2S3. The van der Waals surface area contributed by atoms with Crippen molar-refractivity contribution in [1.82, 2.24) is 4.98 Å². The normalized spacial score (nSPS) is 10.6. The average Bonchev–Trinajstić information content (AvgIpc) is 3.37. The smallest absolute Gasteiger partial charge is 0.236 e. The van der Waals surface area contributed by atoms with Crippen molar-refractivity contribution in [2.45, 2.75) is 31.1 Å². The molecule has 3 rings (SSSR count). The van der Waals surface area contributed by atoms with Crippen molar-refractivity contribution in [2.24, 2.45) is 0 Å². The van der Waals surface area contributed by atoms with Crippen LogP contribution in [-0.2, 0) is 9.59 Å². The van der Waals surface area contributed by atoms with Gasteiger partial charge in [0, 0.05) is 22.4 Å². The Morgan fingerprint density at radius 3 is 2.79 bits per heavy atom. The molecule has 0 atom stereocenters. The number of unbranched alkanes of at least 4 members (excludes halogenated alkanes) is 1. The van der Waals surface area contributed by atoms with E-state index in [9.17, 15) is 9.59 Å². The molecule has 5 nitrogen and oxygen atoms in total. The van der Waals surface area contributed by atoms with Crippen molar-refractivity contribution in [3.8, 4) is 10.6 Å². The molecule has 3 aromatic rings. The molecule has 2 N–H and O–H groups in total. The fourth-order valence-corrected chi connectivity index (χ4v) is 4.64. The molecule has 0 aliphatic carbocycles.